The number of carbonyl (C=O) groups is 1. The van der Waals surface area contributed by atoms with Gasteiger partial charge in [-0.1, -0.05) is 0 Å². The summed E-state index contributed by atoms with van der Waals surface area (Å²) in [5, 5.41) is 2.07. The first-order valence-electron chi connectivity index (χ1n) is 7.81. The zero-order valence-corrected chi connectivity index (χ0v) is 13.9. The molecule has 7 heteroatoms. The molecule has 1 aliphatic rings. The van der Waals surface area contributed by atoms with Gasteiger partial charge in [0.25, 0.3) is 5.91 Å². The van der Waals surface area contributed by atoms with Crippen molar-refractivity contribution in [3.8, 4) is 0 Å². The van der Waals surface area contributed by atoms with Gasteiger partial charge in [-0.15, -0.1) is 11.3 Å². The van der Waals surface area contributed by atoms with Gasteiger partial charge in [-0.25, -0.2) is 4.98 Å². The van der Waals surface area contributed by atoms with Crippen LogP contribution in [0.4, 0.5) is 11.5 Å². The molecular formula is C17H17N5OS. The fraction of sp³-hybridized carbons (Fsp3) is 0.235. The fourth-order valence-electron chi connectivity index (χ4n) is 3.11. The van der Waals surface area contributed by atoms with Crippen LogP contribution in [-0.2, 0) is 0 Å². The van der Waals surface area contributed by atoms with Crippen LogP contribution in [0.25, 0.3) is 10.2 Å². The summed E-state index contributed by atoms with van der Waals surface area (Å²) in [6, 6.07) is 7.59. The number of fused-ring (bicyclic) bond motifs is 1. The number of aromatic nitrogens is 2. The molecule has 0 spiro atoms. The van der Waals surface area contributed by atoms with Gasteiger partial charge >= 0.3 is 0 Å². The maximum absolute atomic E-state index is 11.6. The van der Waals surface area contributed by atoms with Gasteiger partial charge in [-0.05, 0) is 29.6 Å². The molecule has 1 aliphatic heterocycles. The summed E-state index contributed by atoms with van der Waals surface area (Å²) in [6.07, 6.45) is 3.56. The molecular weight excluding hydrogens is 322 g/mol. The molecule has 122 valence electrons. The lowest BCUT2D eigenvalue weighted by molar-refractivity contribution is 0.100. The monoisotopic (exact) mass is 339 g/mol. The van der Waals surface area contributed by atoms with Crippen LogP contribution in [0.5, 0.6) is 0 Å². The van der Waals surface area contributed by atoms with Crippen molar-refractivity contribution < 1.29 is 4.79 Å². The lowest BCUT2D eigenvalue weighted by atomic mass is 10.2. The number of amides is 1. The second kappa shape index (κ2) is 6.09. The van der Waals surface area contributed by atoms with E-state index in [4.69, 9.17) is 5.73 Å². The van der Waals surface area contributed by atoms with Crippen LogP contribution in [0.2, 0.25) is 0 Å². The number of primary amides is 1. The number of nitrogens with zero attached hydrogens (tertiary/aromatic N) is 4. The van der Waals surface area contributed by atoms with Gasteiger partial charge in [-0.2, -0.15) is 0 Å². The summed E-state index contributed by atoms with van der Waals surface area (Å²) >= 11 is 1.72. The van der Waals surface area contributed by atoms with Gasteiger partial charge in [0.05, 0.1) is 21.5 Å². The topological polar surface area (TPSA) is 75.4 Å². The van der Waals surface area contributed by atoms with Gasteiger partial charge in [0.1, 0.15) is 5.82 Å². The van der Waals surface area contributed by atoms with Gasteiger partial charge in [0.2, 0.25) is 0 Å². The van der Waals surface area contributed by atoms with Crippen molar-refractivity contribution in [2.75, 3.05) is 36.0 Å². The van der Waals surface area contributed by atoms with Crippen molar-refractivity contribution >= 4 is 39.0 Å². The van der Waals surface area contributed by atoms with Crippen molar-refractivity contribution in [2.24, 2.45) is 5.73 Å². The first-order valence-corrected chi connectivity index (χ1v) is 8.69. The number of nitrogens with two attached hydrogens (primary N) is 1. The number of carbonyl (C=O) groups excluding carboxylic acids is 1. The zero-order chi connectivity index (χ0) is 16.5. The largest absolute Gasteiger partial charge is 0.367 e. The van der Waals surface area contributed by atoms with Crippen LogP contribution in [0.15, 0.2) is 42.0 Å². The molecule has 3 aromatic heterocycles. The Morgan fingerprint density at radius 2 is 1.83 bits per heavy atom. The number of hydrogen-bond acceptors (Lipinski definition) is 6. The minimum atomic E-state index is -0.435. The van der Waals surface area contributed by atoms with Gasteiger partial charge in [-0.3, -0.25) is 9.78 Å². The maximum Gasteiger partial charge on any atom is 0.252 e. The molecule has 0 saturated carbocycles. The van der Waals surface area contributed by atoms with Crippen LogP contribution >= 0.6 is 11.3 Å². The van der Waals surface area contributed by atoms with Crippen molar-refractivity contribution in [2.45, 2.75) is 0 Å². The van der Waals surface area contributed by atoms with E-state index < -0.39 is 5.91 Å². The van der Waals surface area contributed by atoms with Crippen molar-refractivity contribution in [1.82, 2.24) is 9.97 Å². The van der Waals surface area contributed by atoms with Gasteiger partial charge in [0, 0.05) is 38.6 Å². The molecule has 0 bridgehead atoms. The second-order valence-electron chi connectivity index (χ2n) is 5.68. The van der Waals surface area contributed by atoms with E-state index in [1.54, 1.807) is 29.7 Å². The molecule has 0 atom stereocenters. The van der Waals surface area contributed by atoms with Crippen molar-refractivity contribution in [3.63, 3.8) is 0 Å². The zero-order valence-electron chi connectivity index (χ0n) is 13.1. The van der Waals surface area contributed by atoms with Crippen LogP contribution in [0.3, 0.4) is 0 Å². The molecule has 1 amide bonds. The third-order valence-corrected chi connectivity index (χ3v) is 5.22. The molecule has 2 N–H and O–H groups in total. The summed E-state index contributed by atoms with van der Waals surface area (Å²) in [7, 11) is 0. The lowest BCUT2D eigenvalue weighted by Gasteiger charge is -2.37. The highest BCUT2D eigenvalue weighted by atomic mass is 32.1. The molecule has 0 unspecified atom stereocenters. The number of rotatable bonds is 3. The van der Waals surface area contributed by atoms with Gasteiger partial charge in [0.15, 0.2) is 0 Å². The minimum absolute atomic E-state index is 0.435. The fourth-order valence-corrected chi connectivity index (χ4v) is 4.00. The number of piperazine rings is 1. The van der Waals surface area contributed by atoms with E-state index >= 15 is 0 Å². The first-order chi connectivity index (χ1) is 11.7. The Morgan fingerprint density at radius 1 is 1.04 bits per heavy atom. The van der Waals surface area contributed by atoms with Gasteiger partial charge < -0.3 is 15.5 Å². The molecule has 3 aromatic rings. The summed E-state index contributed by atoms with van der Waals surface area (Å²) in [5.41, 5.74) is 8.22. The molecule has 0 aliphatic carbocycles. The molecule has 1 fully saturated rings. The molecule has 4 heterocycles. The van der Waals surface area contributed by atoms with Crippen LogP contribution < -0.4 is 15.5 Å². The van der Waals surface area contributed by atoms with Crippen LogP contribution in [0.1, 0.15) is 10.4 Å². The van der Waals surface area contributed by atoms with E-state index in [1.807, 2.05) is 12.3 Å². The van der Waals surface area contributed by atoms with E-state index in [9.17, 15) is 4.79 Å². The highest BCUT2D eigenvalue weighted by molar-refractivity contribution is 7.17. The Kier molecular flexibility index (Phi) is 3.78. The van der Waals surface area contributed by atoms with Crippen LogP contribution in [0, 0.1) is 0 Å². The van der Waals surface area contributed by atoms with Crippen LogP contribution in [-0.4, -0.2) is 42.1 Å². The second-order valence-corrected chi connectivity index (χ2v) is 6.59. The van der Waals surface area contributed by atoms with E-state index in [2.05, 4.69) is 31.2 Å². The normalized spacial score (nSPS) is 15.0. The molecule has 0 aromatic carbocycles. The average Bonchev–Trinajstić information content (AvgIpc) is 3.10. The highest BCUT2D eigenvalue weighted by Crippen LogP contribution is 2.31. The average molecular weight is 339 g/mol. The molecule has 24 heavy (non-hydrogen) atoms. The first kappa shape index (κ1) is 14.9. The molecule has 4 rings (SSSR count). The van der Waals surface area contributed by atoms with E-state index in [1.165, 1.54) is 10.4 Å². The lowest BCUT2D eigenvalue weighted by Crippen LogP contribution is -2.47. The number of hydrogen-bond donors (Lipinski definition) is 1. The Labute approximate surface area is 143 Å². The maximum atomic E-state index is 11.6. The third kappa shape index (κ3) is 2.56. The van der Waals surface area contributed by atoms with E-state index in [0.29, 0.717) is 11.4 Å². The Bertz CT molecular complexity index is 885. The summed E-state index contributed by atoms with van der Waals surface area (Å²) in [6.45, 7) is 3.33. The highest BCUT2D eigenvalue weighted by Gasteiger charge is 2.23. The third-order valence-electron chi connectivity index (χ3n) is 4.30. The smallest absolute Gasteiger partial charge is 0.252 e. The van der Waals surface area contributed by atoms with Crippen molar-refractivity contribution in [1.29, 1.82) is 0 Å². The number of pyridine rings is 2. The molecule has 0 radical (unpaired) electrons. The summed E-state index contributed by atoms with van der Waals surface area (Å²) in [5.74, 6) is 0.246. The van der Waals surface area contributed by atoms with Crippen molar-refractivity contribution in [3.05, 3.63) is 47.6 Å². The quantitative estimate of drug-likeness (QED) is 0.791. The molecule has 1 saturated heterocycles. The Morgan fingerprint density at radius 3 is 2.62 bits per heavy atom. The standard InChI is InChI=1S/C17H17N5OS/c18-16(23)12-2-1-5-20-17(12)22-9-7-21(8-10-22)14-3-6-19-13-4-11-24-15(13)14/h1-6,11H,7-10H2,(H2,18,23). The predicted octanol–water partition coefficient (Wildman–Crippen LogP) is 2.12. The number of anilines is 2. The molecule has 6 nitrogen and oxygen atoms in total. The Balaban J connectivity index is 1.55. The minimum Gasteiger partial charge on any atom is -0.367 e. The SMILES string of the molecule is NC(=O)c1cccnc1N1CCN(c2ccnc3ccsc23)CC1. The Hall–Kier alpha value is -2.67. The predicted molar refractivity (Wildman–Crippen MR) is 96.8 cm³/mol. The van der Waals surface area contributed by atoms with E-state index in [0.717, 1.165) is 31.7 Å². The summed E-state index contributed by atoms with van der Waals surface area (Å²) in [4.78, 5) is 24.9. The van der Waals surface area contributed by atoms with E-state index in [-0.39, 0.29) is 0 Å². The summed E-state index contributed by atoms with van der Waals surface area (Å²) < 4.78 is 1.22. The number of thiophene rings is 1.